The Hall–Kier alpha value is -3.16. The molecule has 2 amide bonds. The number of alkyl halides is 3. The van der Waals surface area contributed by atoms with Gasteiger partial charge in [0.05, 0.1) is 23.3 Å². The van der Waals surface area contributed by atoms with Crippen LogP contribution in [0.1, 0.15) is 54.7 Å². The van der Waals surface area contributed by atoms with Crippen LogP contribution in [0, 0.1) is 17.1 Å². The van der Waals surface area contributed by atoms with Crippen LogP contribution >= 0.6 is 0 Å². The number of amides is 2. The second kappa shape index (κ2) is 11.5. The first kappa shape index (κ1) is 26.9. The van der Waals surface area contributed by atoms with Crippen LogP contribution in [0.4, 0.5) is 28.0 Å². The van der Waals surface area contributed by atoms with E-state index in [1.54, 1.807) is 11.0 Å². The number of aliphatic hydroxyl groups excluding tert-OH is 1. The van der Waals surface area contributed by atoms with Crippen molar-refractivity contribution in [3.63, 3.8) is 0 Å². The molecule has 0 spiro atoms. The summed E-state index contributed by atoms with van der Waals surface area (Å²) in [7, 11) is 0. The zero-order valence-electron chi connectivity index (χ0n) is 20.3. The predicted molar refractivity (Wildman–Crippen MR) is 130 cm³/mol. The van der Waals surface area contributed by atoms with Crippen molar-refractivity contribution in [3.8, 4) is 6.07 Å². The van der Waals surface area contributed by atoms with Gasteiger partial charge < -0.3 is 15.3 Å². The molecule has 4 rings (SSSR count). The number of carbonyl (C=O) groups excluding carboxylic acids is 1. The van der Waals surface area contributed by atoms with Crippen LogP contribution < -0.4 is 5.32 Å². The maximum atomic E-state index is 13.9. The third kappa shape index (κ3) is 6.99. The minimum Gasteiger partial charge on any atom is -0.392 e. The molecule has 2 aliphatic rings. The van der Waals surface area contributed by atoms with Gasteiger partial charge in [0, 0.05) is 37.9 Å². The highest BCUT2D eigenvalue weighted by Crippen LogP contribution is 2.36. The maximum Gasteiger partial charge on any atom is 0.416 e. The van der Waals surface area contributed by atoms with Crippen LogP contribution in [-0.4, -0.2) is 59.3 Å². The maximum absolute atomic E-state index is 13.9. The zero-order chi connectivity index (χ0) is 26.6. The fraction of sp³-hybridized carbons (Fsp3) is 0.481. The molecule has 0 unspecified atom stereocenters. The highest BCUT2D eigenvalue weighted by molar-refractivity contribution is 5.89. The molecule has 1 atom stereocenters. The molecule has 2 aromatic rings. The Morgan fingerprint density at radius 2 is 1.89 bits per heavy atom. The van der Waals surface area contributed by atoms with Crippen molar-refractivity contribution in [2.24, 2.45) is 0 Å². The number of hydrogen-bond acceptors (Lipinski definition) is 4. The Kier molecular flexibility index (Phi) is 8.35. The molecule has 0 bridgehead atoms. The van der Waals surface area contributed by atoms with Crippen molar-refractivity contribution >= 4 is 11.7 Å². The average Bonchev–Trinajstić information content (AvgIpc) is 3.28. The number of anilines is 1. The average molecular weight is 519 g/mol. The van der Waals surface area contributed by atoms with Crippen LogP contribution in [0.3, 0.4) is 0 Å². The first-order chi connectivity index (χ1) is 17.6. The number of aliphatic hydroxyl groups is 1. The number of hydrogen-bond donors (Lipinski definition) is 2. The van der Waals surface area contributed by atoms with Crippen molar-refractivity contribution < 1.29 is 27.5 Å². The van der Waals surface area contributed by atoms with Gasteiger partial charge in [0.25, 0.3) is 0 Å². The van der Waals surface area contributed by atoms with Crippen molar-refractivity contribution in [1.29, 1.82) is 5.26 Å². The van der Waals surface area contributed by atoms with E-state index in [4.69, 9.17) is 0 Å². The van der Waals surface area contributed by atoms with E-state index < -0.39 is 29.7 Å². The van der Waals surface area contributed by atoms with Crippen LogP contribution in [0.15, 0.2) is 42.5 Å². The Morgan fingerprint density at radius 1 is 1.14 bits per heavy atom. The van der Waals surface area contributed by atoms with Gasteiger partial charge in [-0.15, -0.1) is 0 Å². The molecule has 6 nitrogen and oxygen atoms in total. The summed E-state index contributed by atoms with van der Waals surface area (Å²) < 4.78 is 53.3. The van der Waals surface area contributed by atoms with Gasteiger partial charge >= 0.3 is 12.2 Å². The minimum atomic E-state index is -4.74. The molecule has 1 saturated heterocycles. The molecule has 10 heteroatoms. The number of rotatable bonds is 6. The Labute approximate surface area is 213 Å². The smallest absolute Gasteiger partial charge is 0.392 e. The van der Waals surface area contributed by atoms with Crippen molar-refractivity contribution in [2.75, 3.05) is 31.5 Å². The Morgan fingerprint density at radius 3 is 2.54 bits per heavy atom. The van der Waals surface area contributed by atoms with E-state index in [1.165, 1.54) is 0 Å². The number of urea groups is 1. The van der Waals surface area contributed by atoms with E-state index in [0.717, 1.165) is 30.5 Å². The van der Waals surface area contributed by atoms with E-state index in [1.807, 2.05) is 23.1 Å². The lowest BCUT2D eigenvalue weighted by molar-refractivity contribution is -0.137. The lowest BCUT2D eigenvalue weighted by Crippen LogP contribution is -2.47. The highest BCUT2D eigenvalue weighted by Gasteiger charge is 2.33. The van der Waals surface area contributed by atoms with Gasteiger partial charge in [-0.05, 0) is 73.9 Å². The summed E-state index contributed by atoms with van der Waals surface area (Å²) in [5.41, 5.74) is 0.266. The number of halogens is 4. The molecule has 37 heavy (non-hydrogen) atoms. The van der Waals surface area contributed by atoms with Gasteiger partial charge in [-0.2, -0.15) is 18.4 Å². The summed E-state index contributed by atoms with van der Waals surface area (Å²) in [5.74, 6) is -0.830. The van der Waals surface area contributed by atoms with Crippen molar-refractivity contribution in [1.82, 2.24) is 9.80 Å². The van der Waals surface area contributed by atoms with Crippen molar-refractivity contribution in [2.45, 2.75) is 56.3 Å². The first-order valence-electron chi connectivity index (χ1n) is 12.5. The van der Waals surface area contributed by atoms with Gasteiger partial charge in [-0.25, -0.2) is 9.18 Å². The number of benzene rings is 2. The van der Waals surface area contributed by atoms with Crippen LogP contribution in [0.25, 0.3) is 0 Å². The highest BCUT2D eigenvalue weighted by atomic mass is 19.4. The molecular weight excluding hydrogens is 488 g/mol. The van der Waals surface area contributed by atoms with Crippen LogP contribution in [0.2, 0.25) is 0 Å². The second-order valence-corrected chi connectivity index (χ2v) is 9.84. The fourth-order valence-corrected chi connectivity index (χ4v) is 5.32. The minimum absolute atomic E-state index is 0.140. The summed E-state index contributed by atoms with van der Waals surface area (Å²) in [6.45, 7) is 2.07. The quantitative estimate of drug-likeness (QED) is 0.506. The molecule has 2 aromatic carbocycles. The normalized spacial score (nSPS) is 22.4. The van der Waals surface area contributed by atoms with E-state index in [-0.39, 0.29) is 17.6 Å². The van der Waals surface area contributed by atoms with Gasteiger partial charge in [0.2, 0.25) is 0 Å². The molecule has 1 aliphatic carbocycles. The van der Waals surface area contributed by atoms with E-state index in [0.29, 0.717) is 57.1 Å². The number of likely N-dealkylation sites (tertiary alicyclic amines) is 1. The van der Waals surface area contributed by atoms with E-state index >= 15 is 0 Å². The predicted octanol–water partition coefficient (Wildman–Crippen LogP) is 5.34. The molecule has 2 fully saturated rings. The number of β-amino-alcohol motifs (C(OH)–C–C–N with tert-alkyl or cyclic N) is 1. The topological polar surface area (TPSA) is 79.6 Å². The third-order valence-electron chi connectivity index (χ3n) is 7.27. The third-order valence-corrected chi connectivity index (χ3v) is 7.27. The van der Waals surface area contributed by atoms with Gasteiger partial charge in [-0.3, -0.25) is 4.90 Å². The van der Waals surface area contributed by atoms with E-state index in [2.05, 4.69) is 11.4 Å². The SMILES string of the molecule is N#Cc1cccc(C2CCC(N(CCN3CC[C@@H](O)C3)C(=O)Nc3cc(F)cc(C(F)(F)F)c3)CC2)c1. The van der Waals surface area contributed by atoms with Crippen molar-refractivity contribution in [3.05, 3.63) is 65.0 Å². The zero-order valence-corrected chi connectivity index (χ0v) is 20.3. The number of nitriles is 1. The summed E-state index contributed by atoms with van der Waals surface area (Å²) >= 11 is 0. The molecule has 2 N–H and O–H groups in total. The molecule has 198 valence electrons. The van der Waals surface area contributed by atoms with Crippen LogP contribution in [-0.2, 0) is 6.18 Å². The lowest BCUT2D eigenvalue weighted by Gasteiger charge is -2.38. The largest absolute Gasteiger partial charge is 0.416 e. The summed E-state index contributed by atoms with van der Waals surface area (Å²) in [4.78, 5) is 17.0. The van der Waals surface area contributed by atoms with Gasteiger partial charge in [0.15, 0.2) is 0 Å². The van der Waals surface area contributed by atoms with Gasteiger partial charge in [-0.1, -0.05) is 12.1 Å². The Balaban J connectivity index is 1.47. The molecule has 1 saturated carbocycles. The number of nitrogens with one attached hydrogen (secondary N) is 1. The molecular formula is C27H30F4N4O2. The summed E-state index contributed by atoms with van der Waals surface area (Å²) in [6, 6.07) is 10.9. The van der Waals surface area contributed by atoms with E-state index in [9.17, 15) is 32.7 Å². The molecule has 0 aromatic heterocycles. The number of carbonyl (C=O) groups is 1. The lowest BCUT2D eigenvalue weighted by atomic mass is 9.81. The van der Waals surface area contributed by atoms with Crippen LogP contribution in [0.5, 0.6) is 0 Å². The first-order valence-corrected chi connectivity index (χ1v) is 12.5. The molecule has 1 heterocycles. The van der Waals surface area contributed by atoms with Gasteiger partial charge in [0.1, 0.15) is 5.82 Å². The molecule has 0 radical (unpaired) electrons. The molecule has 1 aliphatic heterocycles. The number of nitrogens with zero attached hydrogens (tertiary/aromatic N) is 3. The standard InChI is InChI=1S/C27H30F4N4O2/c28-22-13-21(27(29,30)31)14-23(15-22)33-26(37)35(11-10-34-9-8-25(36)17-34)24-6-4-19(5-7-24)20-3-1-2-18(12-20)16-32/h1-3,12-15,19,24-25,36H,4-11,17H2,(H,33,37)/t19?,24?,25-/m1/s1. The summed E-state index contributed by atoms with van der Waals surface area (Å²) in [5, 5.41) is 21.5. The fourth-order valence-electron chi connectivity index (χ4n) is 5.32. The summed E-state index contributed by atoms with van der Waals surface area (Å²) in [6.07, 6.45) is -1.52. The monoisotopic (exact) mass is 518 g/mol. The second-order valence-electron chi connectivity index (χ2n) is 9.84. The Bertz CT molecular complexity index is 1140.